The van der Waals surface area contributed by atoms with Gasteiger partial charge in [-0.2, -0.15) is 14.6 Å². The van der Waals surface area contributed by atoms with Crippen LogP contribution in [0.5, 0.6) is 0 Å². The maximum atomic E-state index is 12.5. The van der Waals surface area contributed by atoms with Crippen molar-refractivity contribution >= 4 is 5.91 Å². The van der Waals surface area contributed by atoms with E-state index in [2.05, 4.69) is 26.5 Å². The van der Waals surface area contributed by atoms with E-state index in [1.807, 2.05) is 30.3 Å². The number of terminal acetylenes is 1. The van der Waals surface area contributed by atoms with Crippen LogP contribution in [-0.2, 0) is 11.3 Å². The Bertz CT molecular complexity index is 1150. The molecule has 4 rings (SSSR count). The van der Waals surface area contributed by atoms with E-state index < -0.39 is 11.3 Å². The van der Waals surface area contributed by atoms with Crippen molar-refractivity contribution in [3.8, 4) is 29.6 Å². The van der Waals surface area contributed by atoms with Gasteiger partial charge in [-0.25, -0.2) is 4.79 Å². The van der Waals surface area contributed by atoms with E-state index in [0.29, 0.717) is 11.4 Å². The lowest BCUT2D eigenvalue weighted by Crippen LogP contribution is -2.50. The number of aryl methyl sites for hydroxylation is 1. The summed E-state index contributed by atoms with van der Waals surface area (Å²) in [4.78, 5) is 26.2. The summed E-state index contributed by atoms with van der Waals surface area (Å²) in [5, 5.41) is 15.8. The standard InChI is InChI=1S/C21H22N6O3/c1-3-21(12-8-5-9-13-21)22-17(28)14-26-20(29)30-19(25-26)18-15(2)23-27(24-18)16-10-6-4-7-11-16/h1,4,6-7,10-11H,5,8-9,12-14H2,2H3,(H,22,28). The molecule has 9 nitrogen and oxygen atoms in total. The molecule has 1 amide bonds. The number of carbonyl (C=O) groups is 1. The molecule has 1 aliphatic carbocycles. The van der Waals surface area contributed by atoms with Crippen LogP contribution in [0.25, 0.3) is 17.3 Å². The first kappa shape index (κ1) is 19.6. The smallest absolute Gasteiger partial charge is 0.386 e. The van der Waals surface area contributed by atoms with Crippen LogP contribution in [0.4, 0.5) is 0 Å². The zero-order valence-electron chi connectivity index (χ0n) is 16.7. The second kappa shape index (κ2) is 7.99. The van der Waals surface area contributed by atoms with Crippen LogP contribution in [0, 0.1) is 19.3 Å². The lowest BCUT2D eigenvalue weighted by atomic mass is 9.82. The van der Waals surface area contributed by atoms with Crippen molar-refractivity contribution in [3.05, 3.63) is 46.6 Å². The fourth-order valence-corrected chi connectivity index (χ4v) is 3.66. The predicted molar refractivity (Wildman–Crippen MR) is 109 cm³/mol. The monoisotopic (exact) mass is 406 g/mol. The van der Waals surface area contributed by atoms with Crippen LogP contribution in [0.15, 0.2) is 39.5 Å². The van der Waals surface area contributed by atoms with E-state index >= 15 is 0 Å². The summed E-state index contributed by atoms with van der Waals surface area (Å²) in [7, 11) is 0. The van der Waals surface area contributed by atoms with Gasteiger partial charge in [0.1, 0.15) is 12.1 Å². The first-order valence-electron chi connectivity index (χ1n) is 9.86. The molecular formula is C21H22N6O3. The van der Waals surface area contributed by atoms with Gasteiger partial charge in [-0.3, -0.25) is 4.79 Å². The van der Waals surface area contributed by atoms with Crippen LogP contribution >= 0.6 is 0 Å². The van der Waals surface area contributed by atoms with Crippen molar-refractivity contribution in [2.75, 3.05) is 0 Å². The normalized spacial score (nSPS) is 15.5. The molecule has 30 heavy (non-hydrogen) atoms. The third-order valence-electron chi connectivity index (χ3n) is 5.23. The molecule has 1 N–H and O–H groups in total. The van der Waals surface area contributed by atoms with Gasteiger partial charge in [-0.1, -0.05) is 43.4 Å². The maximum Gasteiger partial charge on any atom is 0.437 e. The summed E-state index contributed by atoms with van der Waals surface area (Å²) < 4.78 is 6.20. The number of amides is 1. The van der Waals surface area contributed by atoms with Crippen molar-refractivity contribution in [2.45, 2.75) is 51.1 Å². The Labute approximate surface area is 173 Å². The molecular weight excluding hydrogens is 384 g/mol. The molecule has 154 valence electrons. The van der Waals surface area contributed by atoms with E-state index in [0.717, 1.165) is 42.5 Å². The highest BCUT2D eigenvalue weighted by atomic mass is 16.4. The summed E-state index contributed by atoms with van der Waals surface area (Å²) in [6, 6.07) is 9.35. The number of nitrogens with zero attached hydrogens (tertiary/aromatic N) is 5. The van der Waals surface area contributed by atoms with Crippen LogP contribution in [0.3, 0.4) is 0 Å². The molecule has 9 heteroatoms. The summed E-state index contributed by atoms with van der Waals surface area (Å²) in [5.74, 6) is 1.62. The van der Waals surface area contributed by atoms with Gasteiger partial charge in [0.05, 0.1) is 11.4 Å². The Morgan fingerprint density at radius 1 is 1.20 bits per heavy atom. The highest BCUT2D eigenvalue weighted by Crippen LogP contribution is 2.27. The summed E-state index contributed by atoms with van der Waals surface area (Å²) in [5.41, 5.74) is 0.994. The Kier molecular flexibility index (Phi) is 5.23. The molecule has 0 spiro atoms. The van der Waals surface area contributed by atoms with Crippen molar-refractivity contribution in [3.63, 3.8) is 0 Å². The van der Waals surface area contributed by atoms with E-state index in [1.54, 1.807) is 6.92 Å². The van der Waals surface area contributed by atoms with E-state index in [1.165, 1.54) is 4.80 Å². The molecule has 0 radical (unpaired) electrons. The molecule has 1 aromatic carbocycles. The topological polar surface area (TPSA) is 108 Å². The first-order chi connectivity index (χ1) is 14.5. The third kappa shape index (κ3) is 3.89. The molecule has 2 aromatic heterocycles. The minimum atomic E-state index is -0.743. The number of hydrogen-bond donors (Lipinski definition) is 1. The fourth-order valence-electron chi connectivity index (χ4n) is 3.66. The lowest BCUT2D eigenvalue weighted by Gasteiger charge is -2.33. The molecule has 0 saturated heterocycles. The second-order valence-electron chi connectivity index (χ2n) is 7.43. The van der Waals surface area contributed by atoms with Crippen LogP contribution < -0.4 is 11.1 Å². The van der Waals surface area contributed by atoms with Crippen LogP contribution in [0.2, 0.25) is 0 Å². The highest BCUT2D eigenvalue weighted by molar-refractivity contribution is 5.77. The number of para-hydroxylation sites is 1. The van der Waals surface area contributed by atoms with Crippen molar-refractivity contribution in [1.82, 2.24) is 30.1 Å². The number of aromatic nitrogens is 5. The summed E-state index contributed by atoms with van der Waals surface area (Å²) in [6.07, 6.45) is 10.2. The predicted octanol–water partition coefficient (Wildman–Crippen LogP) is 1.84. The number of carbonyl (C=O) groups excluding carboxylic acids is 1. The molecule has 0 aliphatic heterocycles. The molecule has 3 aromatic rings. The van der Waals surface area contributed by atoms with Gasteiger partial charge in [-0.15, -0.1) is 16.6 Å². The summed E-state index contributed by atoms with van der Waals surface area (Å²) in [6.45, 7) is 1.46. The van der Waals surface area contributed by atoms with Crippen LogP contribution in [-0.4, -0.2) is 36.2 Å². The quantitative estimate of drug-likeness (QED) is 0.648. The Morgan fingerprint density at radius 2 is 1.93 bits per heavy atom. The molecule has 1 aliphatic rings. The van der Waals surface area contributed by atoms with Gasteiger partial charge in [0.15, 0.2) is 5.69 Å². The average Bonchev–Trinajstić information content (AvgIpc) is 3.31. The average molecular weight is 406 g/mol. The fraction of sp³-hybridized carbons (Fsp3) is 0.381. The Balaban J connectivity index is 1.53. The van der Waals surface area contributed by atoms with Crippen LogP contribution in [0.1, 0.15) is 37.8 Å². The van der Waals surface area contributed by atoms with Gasteiger partial charge < -0.3 is 9.73 Å². The molecule has 1 fully saturated rings. The highest BCUT2D eigenvalue weighted by Gasteiger charge is 2.31. The Morgan fingerprint density at radius 3 is 2.63 bits per heavy atom. The number of hydrogen-bond acceptors (Lipinski definition) is 6. The molecule has 0 unspecified atom stereocenters. The van der Waals surface area contributed by atoms with Gasteiger partial charge in [0.25, 0.3) is 5.89 Å². The number of rotatable bonds is 5. The van der Waals surface area contributed by atoms with Crippen molar-refractivity contribution < 1.29 is 9.21 Å². The molecule has 0 atom stereocenters. The largest absolute Gasteiger partial charge is 0.437 e. The van der Waals surface area contributed by atoms with E-state index in [-0.39, 0.29) is 18.3 Å². The molecule has 0 bridgehead atoms. The van der Waals surface area contributed by atoms with Crippen molar-refractivity contribution in [1.29, 1.82) is 0 Å². The third-order valence-corrected chi connectivity index (χ3v) is 5.23. The zero-order valence-corrected chi connectivity index (χ0v) is 16.7. The zero-order chi connectivity index (χ0) is 21.1. The minimum absolute atomic E-state index is 0.0109. The van der Waals surface area contributed by atoms with Gasteiger partial charge in [0.2, 0.25) is 5.91 Å². The van der Waals surface area contributed by atoms with Crippen molar-refractivity contribution in [2.24, 2.45) is 0 Å². The van der Waals surface area contributed by atoms with E-state index in [9.17, 15) is 9.59 Å². The second-order valence-corrected chi connectivity index (χ2v) is 7.43. The van der Waals surface area contributed by atoms with Gasteiger partial charge in [-0.05, 0) is 31.9 Å². The maximum absolute atomic E-state index is 12.5. The molecule has 1 saturated carbocycles. The number of nitrogens with one attached hydrogen (secondary N) is 1. The van der Waals surface area contributed by atoms with Gasteiger partial charge >= 0.3 is 5.76 Å². The number of benzene rings is 1. The minimum Gasteiger partial charge on any atom is -0.386 e. The SMILES string of the molecule is C#CC1(NC(=O)Cn2nc(-c3nn(-c4ccccc4)nc3C)oc2=O)CCCCC1. The van der Waals surface area contributed by atoms with E-state index in [4.69, 9.17) is 10.8 Å². The first-order valence-corrected chi connectivity index (χ1v) is 9.86. The molecule has 2 heterocycles. The summed E-state index contributed by atoms with van der Waals surface area (Å²) >= 11 is 0. The van der Waals surface area contributed by atoms with Gasteiger partial charge in [0, 0.05) is 0 Å². The lowest BCUT2D eigenvalue weighted by molar-refractivity contribution is -0.123. The Hall–Kier alpha value is -3.67.